The Morgan fingerprint density at radius 1 is 1.31 bits per heavy atom. The van der Waals surface area contributed by atoms with Gasteiger partial charge in [0.25, 0.3) is 0 Å². The highest BCUT2D eigenvalue weighted by atomic mass is 35.5. The highest BCUT2D eigenvalue weighted by Gasteiger charge is 2.22. The van der Waals surface area contributed by atoms with Crippen LogP contribution in [0.5, 0.6) is 0 Å². The van der Waals surface area contributed by atoms with Crippen molar-refractivity contribution in [3.63, 3.8) is 0 Å². The number of hydrogen-bond donors (Lipinski definition) is 0. The quantitative estimate of drug-likeness (QED) is 0.821. The van der Waals surface area contributed by atoms with Crippen LogP contribution in [0, 0.1) is 5.92 Å². The second-order valence-corrected chi connectivity index (χ2v) is 5.07. The van der Waals surface area contributed by atoms with Gasteiger partial charge in [0.15, 0.2) is 6.29 Å². The van der Waals surface area contributed by atoms with Gasteiger partial charge in [-0.05, 0) is 29.7 Å². The fraction of sp³-hybridized carbons (Fsp3) is 0.500. The summed E-state index contributed by atoms with van der Waals surface area (Å²) in [6, 6.07) is 5.42. The maximum Gasteiger partial charge on any atom is 0.158 e. The van der Waals surface area contributed by atoms with Gasteiger partial charge in [-0.3, -0.25) is 0 Å². The van der Waals surface area contributed by atoms with E-state index in [4.69, 9.17) is 32.7 Å². The third-order valence-corrected chi connectivity index (χ3v) is 2.96. The summed E-state index contributed by atoms with van der Waals surface area (Å²) in [7, 11) is 0. The standard InChI is InChI=1S/C12H14Cl2O2/c1-8-2-12(15-6-8)16-7-9-3-10(13)5-11(14)4-9/h3-5,8,12H,2,6-7H2,1H3/t8-,12?/m1/s1. The first-order valence-electron chi connectivity index (χ1n) is 5.31. The summed E-state index contributed by atoms with van der Waals surface area (Å²) in [5.74, 6) is 0.577. The van der Waals surface area contributed by atoms with Gasteiger partial charge in [-0.2, -0.15) is 0 Å². The molecular formula is C12H14Cl2O2. The molecule has 0 aliphatic carbocycles. The maximum absolute atomic E-state index is 5.90. The van der Waals surface area contributed by atoms with Gasteiger partial charge in [-0.25, -0.2) is 0 Å². The molecule has 1 aliphatic rings. The first-order valence-corrected chi connectivity index (χ1v) is 6.07. The van der Waals surface area contributed by atoms with Crippen molar-refractivity contribution < 1.29 is 9.47 Å². The molecule has 4 heteroatoms. The molecule has 1 aliphatic heterocycles. The van der Waals surface area contributed by atoms with Gasteiger partial charge in [-0.1, -0.05) is 30.1 Å². The minimum absolute atomic E-state index is 0.0900. The van der Waals surface area contributed by atoms with E-state index in [1.54, 1.807) is 6.07 Å². The van der Waals surface area contributed by atoms with Crippen LogP contribution in [0.25, 0.3) is 0 Å². The topological polar surface area (TPSA) is 18.5 Å². The summed E-state index contributed by atoms with van der Waals surface area (Å²) in [6.45, 7) is 3.41. The van der Waals surface area contributed by atoms with Crippen LogP contribution in [0.3, 0.4) is 0 Å². The van der Waals surface area contributed by atoms with E-state index in [2.05, 4.69) is 6.92 Å². The molecule has 0 bridgehead atoms. The second kappa shape index (κ2) is 5.37. The van der Waals surface area contributed by atoms with Crippen LogP contribution in [0.1, 0.15) is 18.9 Å². The molecule has 2 rings (SSSR count). The smallest absolute Gasteiger partial charge is 0.158 e. The first kappa shape index (κ1) is 12.2. The number of ether oxygens (including phenoxy) is 2. The lowest BCUT2D eigenvalue weighted by Gasteiger charge is -2.11. The number of rotatable bonds is 3. The summed E-state index contributed by atoms with van der Waals surface area (Å²) >= 11 is 11.8. The van der Waals surface area contributed by atoms with E-state index in [-0.39, 0.29) is 6.29 Å². The van der Waals surface area contributed by atoms with Crippen molar-refractivity contribution in [2.24, 2.45) is 5.92 Å². The number of hydrogen-bond acceptors (Lipinski definition) is 2. The molecule has 1 saturated heterocycles. The van der Waals surface area contributed by atoms with Gasteiger partial charge in [0.1, 0.15) is 0 Å². The minimum atomic E-state index is -0.0900. The fourth-order valence-electron chi connectivity index (χ4n) is 1.74. The van der Waals surface area contributed by atoms with Crippen molar-refractivity contribution in [3.8, 4) is 0 Å². The molecule has 2 nitrogen and oxygen atoms in total. The minimum Gasteiger partial charge on any atom is -0.352 e. The van der Waals surface area contributed by atoms with Gasteiger partial charge in [0, 0.05) is 16.5 Å². The van der Waals surface area contributed by atoms with E-state index in [9.17, 15) is 0 Å². The molecule has 1 aromatic carbocycles. The summed E-state index contributed by atoms with van der Waals surface area (Å²) in [4.78, 5) is 0. The normalized spacial score (nSPS) is 24.9. The third-order valence-electron chi connectivity index (χ3n) is 2.52. The lowest BCUT2D eigenvalue weighted by atomic mass is 10.1. The molecule has 88 valence electrons. The lowest BCUT2D eigenvalue weighted by Crippen LogP contribution is -2.10. The second-order valence-electron chi connectivity index (χ2n) is 4.19. The SMILES string of the molecule is C[C@H]1COC(OCc2cc(Cl)cc(Cl)c2)C1. The lowest BCUT2D eigenvalue weighted by molar-refractivity contribution is -0.118. The van der Waals surface area contributed by atoms with E-state index in [0.717, 1.165) is 18.6 Å². The van der Waals surface area contributed by atoms with E-state index in [0.29, 0.717) is 22.6 Å². The number of halogens is 2. The summed E-state index contributed by atoms with van der Waals surface area (Å²) in [5, 5.41) is 1.26. The van der Waals surface area contributed by atoms with Crippen LogP contribution in [0.2, 0.25) is 10.0 Å². The van der Waals surface area contributed by atoms with Crippen molar-refractivity contribution in [2.45, 2.75) is 26.2 Å². The van der Waals surface area contributed by atoms with Gasteiger partial charge in [0.2, 0.25) is 0 Å². The highest BCUT2D eigenvalue weighted by Crippen LogP contribution is 2.23. The van der Waals surface area contributed by atoms with Crippen LogP contribution < -0.4 is 0 Å². The van der Waals surface area contributed by atoms with Crippen molar-refractivity contribution in [3.05, 3.63) is 33.8 Å². The van der Waals surface area contributed by atoms with Crippen LogP contribution >= 0.6 is 23.2 Å². The monoisotopic (exact) mass is 260 g/mol. The Morgan fingerprint density at radius 3 is 2.56 bits per heavy atom. The summed E-state index contributed by atoms with van der Waals surface area (Å²) < 4.78 is 11.1. The summed E-state index contributed by atoms with van der Waals surface area (Å²) in [5.41, 5.74) is 0.973. The van der Waals surface area contributed by atoms with Crippen LogP contribution in [0.15, 0.2) is 18.2 Å². The van der Waals surface area contributed by atoms with E-state index >= 15 is 0 Å². The Morgan fingerprint density at radius 2 is 2.00 bits per heavy atom. The molecule has 1 heterocycles. The van der Waals surface area contributed by atoms with Crippen molar-refractivity contribution in [1.29, 1.82) is 0 Å². The van der Waals surface area contributed by atoms with E-state index in [1.165, 1.54) is 0 Å². The van der Waals surface area contributed by atoms with Crippen molar-refractivity contribution in [1.82, 2.24) is 0 Å². The van der Waals surface area contributed by atoms with Crippen LogP contribution in [0.4, 0.5) is 0 Å². The van der Waals surface area contributed by atoms with Gasteiger partial charge < -0.3 is 9.47 Å². The Bertz CT molecular complexity index is 348. The molecule has 0 amide bonds. The Hall–Kier alpha value is -0.280. The molecule has 1 unspecified atom stereocenters. The first-order chi connectivity index (χ1) is 7.63. The molecule has 0 saturated carbocycles. The summed E-state index contributed by atoms with van der Waals surface area (Å²) in [6.07, 6.45) is 0.863. The van der Waals surface area contributed by atoms with E-state index < -0.39 is 0 Å². The molecule has 0 radical (unpaired) electrons. The van der Waals surface area contributed by atoms with Gasteiger partial charge >= 0.3 is 0 Å². The fourth-order valence-corrected chi connectivity index (χ4v) is 2.31. The average Bonchev–Trinajstić information content (AvgIpc) is 2.60. The Balaban J connectivity index is 1.89. The van der Waals surface area contributed by atoms with Gasteiger partial charge in [0.05, 0.1) is 13.2 Å². The molecule has 1 aromatic rings. The third kappa shape index (κ3) is 3.36. The maximum atomic E-state index is 5.90. The molecule has 0 aromatic heterocycles. The molecular weight excluding hydrogens is 247 g/mol. The Labute approximate surface area is 105 Å². The predicted molar refractivity (Wildman–Crippen MR) is 64.8 cm³/mol. The highest BCUT2D eigenvalue weighted by molar-refractivity contribution is 6.34. The molecule has 2 atom stereocenters. The molecule has 0 spiro atoms. The predicted octanol–water partition coefficient (Wildman–Crippen LogP) is 3.89. The van der Waals surface area contributed by atoms with E-state index in [1.807, 2.05) is 12.1 Å². The molecule has 0 N–H and O–H groups in total. The molecule has 16 heavy (non-hydrogen) atoms. The van der Waals surface area contributed by atoms with Crippen LogP contribution in [-0.4, -0.2) is 12.9 Å². The van der Waals surface area contributed by atoms with Crippen LogP contribution in [-0.2, 0) is 16.1 Å². The zero-order chi connectivity index (χ0) is 11.5. The zero-order valence-electron chi connectivity index (χ0n) is 9.08. The molecule has 1 fully saturated rings. The largest absolute Gasteiger partial charge is 0.352 e. The Kier molecular flexibility index (Phi) is 4.09. The average molecular weight is 261 g/mol. The number of benzene rings is 1. The van der Waals surface area contributed by atoms with Gasteiger partial charge in [-0.15, -0.1) is 0 Å². The zero-order valence-corrected chi connectivity index (χ0v) is 10.6. The van der Waals surface area contributed by atoms with Crippen molar-refractivity contribution in [2.75, 3.05) is 6.61 Å². The van der Waals surface area contributed by atoms with Crippen molar-refractivity contribution >= 4 is 23.2 Å².